The van der Waals surface area contributed by atoms with Crippen LogP contribution in [0.5, 0.6) is 0 Å². The lowest BCUT2D eigenvalue weighted by Gasteiger charge is -2.44. The first-order valence-corrected chi connectivity index (χ1v) is 13.8. The number of likely N-dealkylation sites (tertiary alicyclic amines) is 1. The Morgan fingerprint density at radius 2 is 1.97 bits per heavy atom. The highest BCUT2D eigenvalue weighted by molar-refractivity contribution is 8.02. The molecular formula is C26H40N2O5S. The number of rotatable bonds is 9. The molecule has 34 heavy (non-hydrogen) atoms. The molecule has 8 heteroatoms. The first-order chi connectivity index (χ1) is 16.2. The molecule has 1 aliphatic carbocycles. The fraction of sp³-hybridized carbons (Fsp3) is 0.808. The van der Waals surface area contributed by atoms with Gasteiger partial charge < -0.3 is 20.0 Å². The van der Waals surface area contributed by atoms with Gasteiger partial charge in [-0.05, 0) is 37.5 Å². The second kappa shape index (κ2) is 9.84. The van der Waals surface area contributed by atoms with Crippen molar-refractivity contribution in [2.24, 2.45) is 23.7 Å². The third kappa shape index (κ3) is 3.89. The van der Waals surface area contributed by atoms with Crippen LogP contribution < -0.4 is 0 Å². The van der Waals surface area contributed by atoms with Crippen molar-refractivity contribution < 1.29 is 24.6 Å². The average Bonchev–Trinajstić information content (AvgIpc) is 3.39. The molecule has 0 aromatic carbocycles. The number of hydrogen-bond donors (Lipinski definition) is 2. The Hall–Kier alpha value is -1.54. The first-order valence-electron chi connectivity index (χ1n) is 12.9. The maximum atomic E-state index is 14.5. The highest BCUT2D eigenvalue weighted by atomic mass is 32.2. The predicted molar refractivity (Wildman–Crippen MR) is 132 cm³/mol. The molecule has 4 fully saturated rings. The Balaban J connectivity index is 1.81. The number of hydrogen-bond acceptors (Lipinski definition) is 5. The number of carboxylic acids is 1. The van der Waals surface area contributed by atoms with Gasteiger partial charge >= 0.3 is 5.97 Å². The van der Waals surface area contributed by atoms with Crippen molar-refractivity contribution in [2.75, 3.05) is 13.2 Å². The lowest BCUT2D eigenvalue weighted by atomic mass is 9.66. The standard InChI is InChI=1S/C26H40N2O5S/c1-5-11-27(17-9-7-6-8-10-17)24(31)22-26-16(4)13-19(34-26)20(25(32)33)21(26)23(30)28(22)18(14-29)12-15(2)3/h5,15-22,29H,1,6-14H2,2-4H3,(H,32,33)/t16?,18-,19-,20+,21+,22?,26?/m1/s1. The zero-order valence-electron chi connectivity index (χ0n) is 20.7. The van der Waals surface area contributed by atoms with Crippen molar-refractivity contribution in [3.8, 4) is 0 Å². The zero-order chi connectivity index (χ0) is 24.8. The van der Waals surface area contributed by atoms with E-state index in [0.29, 0.717) is 19.4 Å². The van der Waals surface area contributed by atoms with Crippen molar-refractivity contribution in [1.29, 1.82) is 0 Å². The summed E-state index contributed by atoms with van der Waals surface area (Å²) in [6, 6.07) is -1.14. The molecule has 3 unspecified atom stereocenters. The molecule has 4 rings (SSSR count). The van der Waals surface area contributed by atoms with Gasteiger partial charge in [0.05, 0.1) is 29.2 Å². The minimum atomic E-state index is -0.947. The van der Waals surface area contributed by atoms with Gasteiger partial charge in [-0.3, -0.25) is 14.4 Å². The number of carbonyl (C=O) groups is 3. The smallest absolute Gasteiger partial charge is 0.308 e. The third-order valence-electron chi connectivity index (χ3n) is 8.67. The molecule has 3 heterocycles. The third-order valence-corrected chi connectivity index (χ3v) is 10.8. The molecule has 0 aromatic rings. The second-order valence-corrected chi connectivity index (χ2v) is 12.7. The van der Waals surface area contributed by atoms with Crippen LogP contribution in [-0.2, 0) is 14.4 Å². The predicted octanol–water partition coefficient (Wildman–Crippen LogP) is 3.16. The van der Waals surface area contributed by atoms with Crippen LogP contribution in [0.1, 0.15) is 65.7 Å². The Labute approximate surface area is 207 Å². The molecule has 190 valence electrons. The fourth-order valence-corrected chi connectivity index (χ4v) is 9.74. The highest BCUT2D eigenvalue weighted by Crippen LogP contribution is 2.69. The molecule has 4 aliphatic rings. The molecule has 1 spiro atoms. The molecular weight excluding hydrogens is 452 g/mol. The Kier molecular flexibility index (Phi) is 7.40. The topological polar surface area (TPSA) is 98.2 Å². The summed E-state index contributed by atoms with van der Waals surface area (Å²) in [7, 11) is 0. The average molecular weight is 493 g/mol. The molecule has 2 bridgehead atoms. The summed E-state index contributed by atoms with van der Waals surface area (Å²) in [6.45, 7) is 10.2. The van der Waals surface area contributed by atoms with Gasteiger partial charge in [0.2, 0.25) is 11.8 Å². The first kappa shape index (κ1) is 25.5. The summed E-state index contributed by atoms with van der Waals surface area (Å²) in [4.78, 5) is 44.4. The van der Waals surface area contributed by atoms with Crippen molar-refractivity contribution >= 4 is 29.5 Å². The quantitative estimate of drug-likeness (QED) is 0.480. The van der Waals surface area contributed by atoms with E-state index in [1.165, 1.54) is 6.42 Å². The lowest BCUT2D eigenvalue weighted by Crippen LogP contribution is -2.60. The molecule has 7 nitrogen and oxygen atoms in total. The SMILES string of the molecule is C=CCN(C(=O)C1N([C@@H](CO)CC(C)C)C(=O)[C@@H]2[C@@H](C(=O)O)[C@H]3CC(C)C12S3)C1CCCCC1. The van der Waals surface area contributed by atoms with Crippen molar-refractivity contribution in [3.63, 3.8) is 0 Å². The van der Waals surface area contributed by atoms with Gasteiger partial charge in [-0.25, -0.2) is 0 Å². The largest absolute Gasteiger partial charge is 0.481 e. The zero-order valence-corrected chi connectivity index (χ0v) is 21.5. The van der Waals surface area contributed by atoms with E-state index < -0.39 is 34.6 Å². The number of carboxylic acid groups (broad SMARTS) is 1. The van der Waals surface area contributed by atoms with Crippen LogP contribution in [0, 0.1) is 23.7 Å². The summed E-state index contributed by atoms with van der Waals surface area (Å²) in [6.07, 6.45) is 8.22. The molecule has 2 N–H and O–H groups in total. The maximum absolute atomic E-state index is 14.5. The van der Waals surface area contributed by atoms with Crippen molar-refractivity contribution in [1.82, 2.24) is 9.80 Å². The summed E-state index contributed by atoms with van der Waals surface area (Å²) in [5, 5.41) is 20.3. The van der Waals surface area contributed by atoms with Gasteiger partial charge in [-0.1, -0.05) is 46.1 Å². The Morgan fingerprint density at radius 3 is 2.53 bits per heavy atom. The van der Waals surface area contributed by atoms with Crippen LogP contribution >= 0.6 is 11.8 Å². The molecule has 3 aliphatic heterocycles. The van der Waals surface area contributed by atoms with Crippen molar-refractivity contribution in [3.05, 3.63) is 12.7 Å². The summed E-state index contributed by atoms with van der Waals surface area (Å²) < 4.78 is -0.764. The Morgan fingerprint density at radius 1 is 1.29 bits per heavy atom. The van der Waals surface area contributed by atoms with E-state index in [-0.39, 0.29) is 41.5 Å². The number of aliphatic hydroxyl groups excluding tert-OH is 1. The molecule has 0 aromatic heterocycles. The summed E-state index contributed by atoms with van der Waals surface area (Å²) in [5.74, 6) is -2.53. The van der Waals surface area contributed by atoms with Crippen LogP contribution in [0.3, 0.4) is 0 Å². The fourth-order valence-electron chi connectivity index (χ4n) is 7.34. The minimum absolute atomic E-state index is 0.0429. The van der Waals surface area contributed by atoms with Gasteiger partial charge in [0.1, 0.15) is 6.04 Å². The normalized spacial score (nSPS) is 36.1. The molecule has 2 amide bonds. The van der Waals surface area contributed by atoms with E-state index in [2.05, 4.69) is 13.5 Å². The van der Waals surface area contributed by atoms with Crippen molar-refractivity contribution in [2.45, 2.75) is 93.8 Å². The number of fused-ring (bicyclic) bond motifs is 1. The number of amides is 2. The van der Waals surface area contributed by atoms with Crippen LogP contribution in [0.2, 0.25) is 0 Å². The molecule has 1 saturated carbocycles. The van der Waals surface area contributed by atoms with Gasteiger partial charge in [-0.15, -0.1) is 18.3 Å². The van der Waals surface area contributed by atoms with Gasteiger partial charge in [0.25, 0.3) is 0 Å². The summed E-state index contributed by atoms with van der Waals surface area (Å²) in [5.41, 5.74) is 0. The van der Waals surface area contributed by atoms with Crippen LogP contribution in [0.4, 0.5) is 0 Å². The van der Waals surface area contributed by atoms with E-state index in [1.54, 1.807) is 22.7 Å². The van der Waals surface area contributed by atoms with Crippen LogP contribution in [-0.4, -0.2) is 79.1 Å². The van der Waals surface area contributed by atoms with E-state index in [9.17, 15) is 24.6 Å². The minimum Gasteiger partial charge on any atom is -0.481 e. The molecule has 0 radical (unpaired) electrons. The van der Waals surface area contributed by atoms with Gasteiger partial charge in [0.15, 0.2) is 0 Å². The number of aliphatic carboxylic acids is 1. The van der Waals surface area contributed by atoms with E-state index in [1.807, 2.05) is 18.7 Å². The maximum Gasteiger partial charge on any atom is 0.308 e. The highest BCUT2D eigenvalue weighted by Gasteiger charge is 2.77. The second-order valence-electron chi connectivity index (χ2n) is 11.2. The number of aliphatic hydroxyl groups is 1. The summed E-state index contributed by atoms with van der Waals surface area (Å²) >= 11 is 1.57. The van der Waals surface area contributed by atoms with Gasteiger partial charge in [0, 0.05) is 17.8 Å². The van der Waals surface area contributed by atoms with E-state index in [4.69, 9.17) is 0 Å². The van der Waals surface area contributed by atoms with E-state index in [0.717, 1.165) is 25.7 Å². The Bertz CT molecular complexity index is 828. The molecule has 3 saturated heterocycles. The lowest BCUT2D eigenvalue weighted by molar-refractivity contribution is -0.150. The number of thioether (sulfide) groups is 1. The van der Waals surface area contributed by atoms with Crippen LogP contribution in [0.15, 0.2) is 12.7 Å². The van der Waals surface area contributed by atoms with E-state index >= 15 is 0 Å². The van der Waals surface area contributed by atoms with Gasteiger partial charge in [-0.2, -0.15) is 0 Å². The molecule has 7 atom stereocenters. The number of carbonyl (C=O) groups excluding carboxylic acids is 2. The monoisotopic (exact) mass is 492 g/mol. The van der Waals surface area contributed by atoms with Crippen LogP contribution in [0.25, 0.3) is 0 Å². The number of nitrogens with zero attached hydrogens (tertiary/aromatic N) is 2.